The Morgan fingerprint density at radius 3 is 2.89 bits per heavy atom. The number of anilines is 1. The number of amides is 2. The fourth-order valence-electron chi connectivity index (χ4n) is 1.47. The first-order valence-corrected chi connectivity index (χ1v) is 6.66. The number of rotatable bonds is 2. The lowest BCUT2D eigenvalue weighted by Crippen LogP contribution is -2.31. The number of benzene rings is 1. The summed E-state index contributed by atoms with van der Waals surface area (Å²) in [6, 6.07) is 6.24. The second-order valence-corrected chi connectivity index (χ2v) is 4.82. The molecular weight excluding hydrogens is 266 g/mol. The van der Waals surface area contributed by atoms with Gasteiger partial charge in [0.1, 0.15) is 5.75 Å². The van der Waals surface area contributed by atoms with Crippen molar-refractivity contribution in [1.29, 1.82) is 0 Å². The van der Waals surface area contributed by atoms with Crippen LogP contribution in [0.1, 0.15) is 6.92 Å². The minimum absolute atomic E-state index is 0.367. The van der Waals surface area contributed by atoms with Gasteiger partial charge in [-0.05, 0) is 12.1 Å². The van der Waals surface area contributed by atoms with Gasteiger partial charge in [-0.1, -0.05) is 17.8 Å². The van der Waals surface area contributed by atoms with Crippen molar-refractivity contribution in [1.82, 2.24) is 5.32 Å². The third kappa shape index (κ3) is 4.29. The van der Waals surface area contributed by atoms with Crippen molar-refractivity contribution in [3.05, 3.63) is 24.3 Å². The Morgan fingerprint density at radius 1 is 1.37 bits per heavy atom. The highest BCUT2D eigenvalue weighted by Gasteiger charge is 2.11. The van der Waals surface area contributed by atoms with Gasteiger partial charge in [0.2, 0.25) is 0 Å². The van der Waals surface area contributed by atoms with E-state index in [1.54, 1.807) is 24.3 Å². The van der Waals surface area contributed by atoms with E-state index in [1.807, 2.05) is 0 Å². The maximum atomic E-state index is 11.7. The van der Waals surface area contributed by atoms with Gasteiger partial charge in [-0.15, -0.1) is 0 Å². The third-order valence-electron chi connectivity index (χ3n) is 2.16. The largest absolute Gasteiger partial charge is 0.427 e. The monoisotopic (exact) mass is 279 g/mol. The van der Waals surface area contributed by atoms with Crippen molar-refractivity contribution in [3.63, 3.8) is 0 Å². The number of amidine groups is 1. The average Bonchev–Trinajstić information content (AvgIpc) is 2.81. The second-order valence-electron chi connectivity index (χ2n) is 3.74. The van der Waals surface area contributed by atoms with Crippen LogP contribution in [0, 0.1) is 0 Å². The molecule has 6 nitrogen and oxygen atoms in total. The van der Waals surface area contributed by atoms with Crippen LogP contribution >= 0.6 is 11.8 Å². The summed E-state index contributed by atoms with van der Waals surface area (Å²) < 4.78 is 4.93. The van der Waals surface area contributed by atoms with E-state index in [-0.39, 0.29) is 6.03 Å². The molecule has 1 aromatic rings. The highest BCUT2D eigenvalue weighted by Crippen LogP contribution is 2.17. The lowest BCUT2D eigenvalue weighted by molar-refractivity contribution is -0.131. The normalized spacial score (nSPS) is 13.6. The van der Waals surface area contributed by atoms with E-state index >= 15 is 0 Å². The van der Waals surface area contributed by atoms with Gasteiger partial charge in [-0.25, -0.2) is 4.79 Å². The molecule has 7 heteroatoms. The molecule has 0 fully saturated rings. The lowest BCUT2D eigenvalue weighted by Gasteiger charge is -2.08. The number of ether oxygens (including phenoxy) is 1. The minimum atomic E-state index is -0.404. The Balaban J connectivity index is 1.94. The summed E-state index contributed by atoms with van der Waals surface area (Å²) in [7, 11) is 0. The molecule has 19 heavy (non-hydrogen) atoms. The Bertz CT molecular complexity index is 531. The quantitative estimate of drug-likeness (QED) is 0.639. The number of nitrogens with one attached hydrogen (secondary N) is 2. The lowest BCUT2D eigenvalue weighted by atomic mass is 10.3. The van der Waals surface area contributed by atoms with Crippen LogP contribution < -0.4 is 15.4 Å². The number of hydrogen-bond donors (Lipinski definition) is 2. The highest BCUT2D eigenvalue weighted by molar-refractivity contribution is 8.14. The minimum Gasteiger partial charge on any atom is -0.427 e. The molecule has 0 bridgehead atoms. The van der Waals surface area contributed by atoms with E-state index < -0.39 is 5.97 Å². The Kier molecular flexibility index (Phi) is 4.40. The molecule has 0 saturated carbocycles. The van der Waals surface area contributed by atoms with Gasteiger partial charge in [0.15, 0.2) is 5.17 Å². The van der Waals surface area contributed by atoms with Crippen LogP contribution in [-0.4, -0.2) is 29.5 Å². The SMILES string of the molecule is CC(=O)Oc1cccc(NC(=O)NC2=NCCS2)c1. The van der Waals surface area contributed by atoms with E-state index in [0.29, 0.717) is 16.6 Å². The van der Waals surface area contributed by atoms with Crippen molar-refractivity contribution in [3.8, 4) is 5.75 Å². The first-order chi connectivity index (χ1) is 9.13. The first-order valence-electron chi connectivity index (χ1n) is 5.67. The number of thioether (sulfide) groups is 1. The van der Waals surface area contributed by atoms with Crippen molar-refractivity contribution in [2.24, 2.45) is 4.99 Å². The molecular formula is C12H13N3O3S. The van der Waals surface area contributed by atoms with Gasteiger partial charge in [0.25, 0.3) is 0 Å². The molecule has 1 aromatic carbocycles. The van der Waals surface area contributed by atoms with Crippen LogP contribution in [0.5, 0.6) is 5.75 Å². The predicted octanol–water partition coefficient (Wildman–Crippen LogP) is 1.84. The molecule has 2 N–H and O–H groups in total. The average molecular weight is 279 g/mol. The number of hydrogen-bond acceptors (Lipinski definition) is 5. The maximum Gasteiger partial charge on any atom is 0.325 e. The second kappa shape index (κ2) is 6.24. The zero-order valence-electron chi connectivity index (χ0n) is 10.3. The van der Waals surface area contributed by atoms with E-state index in [2.05, 4.69) is 15.6 Å². The Morgan fingerprint density at radius 2 is 2.21 bits per heavy atom. The van der Waals surface area contributed by atoms with Crippen molar-refractivity contribution in [2.75, 3.05) is 17.6 Å². The van der Waals surface area contributed by atoms with Gasteiger partial charge < -0.3 is 10.1 Å². The molecule has 0 spiro atoms. The molecule has 0 aliphatic carbocycles. The summed E-state index contributed by atoms with van der Waals surface area (Å²) in [5, 5.41) is 5.91. The number of esters is 1. The zero-order chi connectivity index (χ0) is 13.7. The van der Waals surface area contributed by atoms with E-state index in [9.17, 15) is 9.59 Å². The maximum absolute atomic E-state index is 11.7. The van der Waals surface area contributed by atoms with Gasteiger partial charge in [-0.3, -0.25) is 15.1 Å². The summed E-state index contributed by atoms with van der Waals surface area (Å²) in [6.07, 6.45) is 0. The number of aliphatic imine (C=N–C) groups is 1. The zero-order valence-corrected chi connectivity index (χ0v) is 11.1. The molecule has 2 amide bonds. The number of carbonyl (C=O) groups is 2. The van der Waals surface area contributed by atoms with Crippen LogP contribution in [-0.2, 0) is 4.79 Å². The van der Waals surface area contributed by atoms with E-state index in [0.717, 1.165) is 12.3 Å². The van der Waals surface area contributed by atoms with Gasteiger partial charge in [-0.2, -0.15) is 0 Å². The number of urea groups is 1. The van der Waals surface area contributed by atoms with Crippen LogP contribution in [0.15, 0.2) is 29.3 Å². The summed E-state index contributed by atoms with van der Waals surface area (Å²) in [5.74, 6) is 0.869. The van der Waals surface area contributed by atoms with Crippen LogP contribution in [0.4, 0.5) is 10.5 Å². The molecule has 100 valence electrons. The van der Waals surface area contributed by atoms with Crippen molar-refractivity contribution >= 4 is 34.6 Å². The standard InChI is InChI=1S/C12H13N3O3S/c1-8(16)18-10-4-2-3-9(7-10)14-11(17)15-12-13-5-6-19-12/h2-4,7H,5-6H2,1H3,(H2,13,14,15,17). The van der Waals surface area contributed by atoms with Crippen molar-refractivity contribution in [2.45, 2.75) is 6.92 Å². The molecule has 0 unspecified atom stereocenters. The molecule has 0 aromatic heterocycles. The van der Waals surface area contributed by atoms with E-state index in [4.69, 9.17) is 4.74 Å². The van der Waals surface area contributed by atoms with Crippen molar-refractivity contribution < 1.29 is 14.3 Å². The van der Waals surface area contributed by atoms with Crippen LogP contribution in [0.25, 0.3) is 0 Å². The molecule has 1 aliphatic heterocycles. The summed E-state index contributed by atoms with van der Waals surface area (Å²) in [6.45, 7) is 2.05. The Hall–Kier alpha value is -2.02. The topological polar surface area (TPSA) is 79.8 Å². The summed E-state index contributed by atoms with van der Waals surface area (Å²) >= 11 is 1.50. The van der Waals surface area contributed by atoms with Gasteiger partial charge >= 0.3 is 12.0 Å². The van der Waals surface area contributed by atoms with E-state index in [1.165, 1.54) is 18.7 Å². The molecule has 1 heterocycles. The number of carbonyl (C=O) groups excluding carboxylic acids is 2. The fourth-order valence-corrected chi connectivity index (χ4v) is 2.20. The first kappa shape index (κ1) is 13.4. The highest BCUT2D eigenvalue weighted by atomic mass is 32.2. The van der Waals surface area contributed by atoms with Gasteiger partial charge in [0, 0.05) is 24.4 Å². The molecule has 1 aliphatic rings. The van der Waals surface area contributed by atoms with Crippen LogP contribution in [0.2, 0.25) is 0 Å². The fraction of sp³-hybridized carbons (Fsp3) is 0.250. The van der Waals surface area contributed by atoms with Gasteiger partial charge in [0.05, 0.1) is 6.54 Å². The Labute approximate surface area is 114 Å². The molecule has 0 radical (unpaired) electrons. The molecule has 2 rings (SSSR count). The summed E-state index contributed by atoms with van der Waals surface area (Å²) in [4.78, 5) is 26.6. The number of nitrogens with zero attached hydrogens (tertiary/aromatic N) is 1. The summed E-state index contributed by atoms with van der Waals surface area (Å²) in [5.41, 5.74) is 0.542. The van der Waals surface area contributed by atoms with Crippen LogP contribution in [0.3, 0.4) is 0 Å². The predicted molar refractivity (Wildman–Crippen MR) is 74.7 cm³/mol. The smallest absolute Gasteiger partial charge is 0.325 e. The molecule has 0 atom stereocenters. The molecule has 0 saturated heterocycles. The third-order valence-corrected chi connectivity index (χ3v) is 3.05.